The van der Waals surface area contributed by atoms with Crippen molar-refractivity contribution in [1.82, 2.24) is 5.32 Å². The highest BCUT2D eigenvalue weighted by molar-refractivity contribution is 7.17. The van der Waals surface area contributed by atoms with Crippen LogP contribution in [0.1, 0.15) is 59.8 Å². The van der Waals surface area contributed by atoms with Gasteiger partial charge in [0.1, 0.15) is 5.00 Å². The number of hydrogen-bond acceptors (Lipinski definition) is 5. The molecular weight excluding hydrogens is 328 g/mol. The highest BCUT2D eigenvalue weighted by Gasteiger charge is 2.31. The van der Waals surface area contributed by atoms with Gasteiger partial charge in [-0.3, -0.25) is 9.59 Å². The standard InChI is InChI=1S/C17H22N2O4S/c1-10(20)19-16-14(11-6-2-3-8-13(11)24-16)17(22)23-12-7-4-5-9-18-15(12)21/h12H,2-9H2,1H3,(H,18,21)(H,19,20). The molecule has 24 heavy (non-hydrogen) atoms. The number of anilines is 1. The zero-order valence-corrected chi connectivity index (χ0v) is 14.6. The number of fused-ring (bicyclic) bond motifs is 1. The van der Waals surface area contributed by atoms with Crippen LogP contribution in [0, 0.1) is 0 Å². The normalized spacial score (nSPS) is 20.5. The minimum atomic E-state index is -0.746. The largest absolute Gasteiger partial charge is 0.449 e. The van der Waals surface area contributed by atoms with Crippen molar-refractivity contribution in [3.63, 3.8) is 0 Å². The van der Waals surface area contributed by atoms with Crippen molar-refractivity contribution >= 4 is 34.1 Å². The molecule has 1 unspecified atom stereocenters. The van der Waals surface area contributed by atoms with Crippen LogP contribution in [0.5, 0.6) is 0 Å². The lowest BCUT2D eigenvalue weighted by Gasteiger charge is -2.17. The highest BCUT2D eigenvalue weighted by Crippen LogP contribution is 2.38. The summed E-state index contributed by atoms with van der Waals surface area (Å²) in [7, 11) is 0. The molecular formula is C17H22N2O4S. The van der Waals surface area contributed by atoms with Crippen molar-refractivity contribution in [2.45, 2.75) is 58.0 Å². The van der Waals surface area contributed by atoms with Crippen LogP contribution >= 0.6 is 11.3 Å². The molecule has 1 aliphatic carbocycles. The van der Waals surface area contributed by atoms with Crippen molar-refractivity contribution in [1.29, 1.82) is 0 Å². The molecule has 2 amide bonds. The van der Waals surface area contributed by atoms with E-state index in [0.29, 0.717) is 23.5 Å². The Morgan fingerprint density at radius 1 is 1.21 bits per heavy atom. The Balaban J connectivity index is 1.86. The van der Waals surface area contributed by atoms with Crippen molar-refractivity contribution < 1.29 is 19.1 Å². The SMILES string of the molecule is CC(=O)Nc1sc2c(c1C(=O)OC1CCCCNC1=O)CCCC2. The highest BCUT2D eigenvalue weighted by atomic mass is 32.1. The molecule has 0 spiro atoms. The van der Waals surface area contributed by atoms with Crippen LogP contribution in [-0.4, -0.2) is 30.4 Å². The monoisotopic (exact) mass is 350 g/mol. The van der Waals surface area contributed by atoms with Gasteiger partial charge in [0.2, 0.25) is 5.91 Å². The first-order chi connectivity index (χ1) is 11.6. The lowest BCUT2D eigenvalue weighted by atomic mass is 9.95. The van der Waals surface area contributed by atoms with E-state index < -0.39 is 12.1 Å². The summed E-state index contributed by atoms with van der Waals surface area (Å²) in [6.07, 6.45) is 5.38. The Morgan fingerprint density at radius 2 is 2.00 bits per heavy atom. The van der Waals surface area contributed by atoms with Gasteiger partial charge in [-0.1, -0.05) is 0 Å². The van der Waals surface area contributed by atoms with E-state index in [0.717, 1.165) is 49.0 Å². The molecule has 2 N–H and O–H groups in total. The molecule has 1 fully saturated rings. The minimum Gasteiger partial charge on any atom is -0.449 e. The Morgan fingerprint density at radius 3 is 2.79 bits per heavy atom. The second kappa shape index (κ2) is 7.34. The molecule has 0 aromatic carbocycles. The molecule has 6 nitrogen and oxygen atoms in total. The van der Waals surface area contributed by atoms with E-state index in [-0.39, 0.29) is 11.8 Å². The van der Waals surface area contributed by atoms with Crippen LogP contribution in [0.3, 0.4) is 0 Å². The molecule has 1 saturated heterocycles. The van der Waals surface area contributed by atoms with Gasteiger partial charge in [-0.25, -0.2) is 4.79 Å². The van der Waals surface area contributed by atoms with Crippen molar-refractivity contribution in [2.75, 3.05) is 11.9 Å². The first-order valence-electron chi connectivity index (χ1n) is 8.47. The van der Waals surface area contributed by atoms with Gasteiger partial charge in [-0.05, 0) is 50.5 Å². The van der Waals surface area contributed by atoms with Gasteiger partial charge < -0.3 is 15.4 Å². The number of amides is 2. The van der Waals surface area contributed by atoms with E-state index in [1.54, 1.807) is 0 Å². The van der Waals surface area contributed by atoms with Crippen LogP contribution in [0.2, 0.25) is 0 Å². The van der Waals surface area contributed by atoms with E-state index in [1.807, 2.05) is 0 Å². The minimum absolute atomic E-state index is 0.213. The number of ether oxygens (including phenoxy) is 1. The number of hydrogen-bond donors (Lipinski definition) is 2. The van der Waals surface area contributed by atoms with Gasteiger partial charge >= 0.3 is 5.97 Å². The maximum atomic E-state index is 12.8. The van der Waals surface area contributed by atoms with E-state index in [1.165, 1.54) is 18.3 Å². The summed E-state index contributed by atoms with van der Waals surface area (Å²) in [6.45, 7) is 2.05. The predicted molar refractivity (Wildman–Crippen MR) is 91.3 cm³/mol. The van der Waals surface area contributed by atoms with E-state index in [9.17, 15) is 14.4 Å². The third-order valence-electron chi connectivity index (χ3n) is 4.40. The van der Waals surface area contributed by atoms with Crippen LogP contribution in [0.25, 0.3) is 0 Å². The van der Waals surface area contributed by atoms with Crippen molar-refractivity contribution in [3.8, 4) is 0 Å². The fourth-order valence-corrected chi connectivity index (χ4v) is 4.57. The second-order valence-electron chi connectivity index (χ2n) is 6.28. The molecule has 130 valence electrons. The van der Waals surface area contributed by atoms with Gasteiger partial charge in [0, 0.05) is 18.3 Å². The summed E-state index contributed by atoms with van der Waals surface area (Å²) < 4.78 is 5.52. The Bertz CT molecular complexity index is 668. The molecule has 1 aliphatic heterocycles. The topological polar surface area (TPSA) is 84.5 Å². The molecule has 0 saturated carbocycles. The molecule has 0 radical (unpaired) electrons. The molecule has 2 aliphatic rings. The Hall–Kier alpha value is -1.89. The molecule has 1 atom stereocenters. The van der Waals surface area contributed by atoms with Gasteiger partial charge in [-0.15, -0.1) is 11.3 Å². The first kappa shape index (κ1) is 17.0. The molecule has 0 bridgehead atoms. The van der Waals surface area contributed by atoms with Gasteiger partial charge in [0.25, 0.3) is 5.91 Å². The number of carbonyl (C=O) groups excluding carboxylic acids is 3. The van der Waals surface area contributed by atoms with Gasteiger partial charge in [0.05, 0.1) is 5.56 Å². The Kier molecular flexibility index (Phi) is 5.18. The average molecular weight is 350 g/mol. The zero-order chi connectivity index (χ0) is 17.1. The number of aryl methyl sites for hydroxylation is 1. The predicted octanol–water partition coefficient (Wildman–Crippen LogP) is 2.41. The van der Waals surface area contributed by atoms with Gasteiger partial charge in [-0.2, -0.15) is 0 Å². The van der Waals surface area contributed by atoms with Crippen LogP contribution in [0.15, 0.2) is 0 Å². The second-order valence-corrected chi connectivity index (χ2v) is 7.38. The molecule has 1 aromatic rings. The number of nitrogens with one attached hydrogen (secondary N) is 2. The average Bonchev–Trinajstić information content (AvgIpc) is 2.77. The summed E-state index contributed by atoms with van der Waals surface area (Å²) in [4.78, 5) is 37.4. The summed E-state index contributed by atoms with van der Waals surface area (Å²) in [5.41, 5.74) is 1.43. The lowest BCUT2D eigenvalue weighted by Crippen LogP contribution is -2.36. The van der Waals surface area contributed by atoms with Crippen LogP contribution < -0.4 is 10.6 Å². The smallest absolute Gasteiger partial charge is 0.342 e. The molecule has 7 heteroatoms. The number of rotatable bonds is 3. The number of esters is 1. The van der Waals surface area contributed by atoms with Gasteiger partial charge in [0.15, 0.2) is 6.10 Å². The summed E-state index contributed by atoms with van der Waals surface area (Å²) in [5, 5.41) is 6.07. The van der Waals surface area contributed by atoms with Crippen molar-refractivity contribution in [3.05, 3.63) is 16.0 Å². The van der Waals surface area contributed by atoms with E-state index in [2.05, 4.69) is 10.6 Å². The zero-order valence-electron chi connectivity index (χ0n) is 13.8. The fraction of sp³-hybridized carbons (Fsp3) is 0.588. The summed E-state index contributed by atoms with van der Waals surface area (Å²) >= 11 is 1.45. The van der Waals surface area contributed by atoms with Crippen molar-refractivity contribution in [2.24, 2.45) is 0 Å². The fourth-order valence-electron chi connectivity index (χ4n) is 3.24. The first-order valence-corrected chi connectivity index (χ1v) is 9.28. The lowest BCUT2D eigenvalue weighted by molar-refractivity contribution is -0.129. The van der Waals surface area contributed by atoms with E-state index >= 15 is 0 Å². The number of thiophene rings is 1. The third-order valence-corrected chi connectivity index (χ3v) is 5.61. The number of carbonyl (C=O) groups is 3. The van der Waals surface area contributed by atoms with Crippen LogP contribution in [-0.2, 0) is 27.2 Å². The quantitative estimate of drug-likeness (QED) is 0.820. The maximum absolute atomic E-state index is 12.8. The summed E-state index contributed by atoms with van der Waals surface area (Å²) in [6, 6.07) is 0. The third kappa shape index (κ3) is 3.61. The molecule has 2 heterocycles. The molecule has 3 rings (SSSR count). The maximum Gasteiger partial charge on any atom is 0.342 e. The Labute approximate surface area is 145 Å². The molecule has 1 aromatic heterocycles. The van der Waals surface area contributed by atoms with E-state index in [4.69, 9.17) is 4.74 Å². The summed E-state index contributed by atoms with van der Waals surface area (Å²) in [5.74, 6) is -0.943. The van der Waals surface area contributed by atoms with Crippen LogP contribution in [0.4, 0.5) is 5.00 Å².